The summed E-state index contributed by atoms with van der Waals surface area (Å²) in [6, 6.07) is 12.4. The van der Waals surface area contributed by atoms with E-state index in [1.165, 1.54) is 11.1 Å². The zero-order chi connectivity index (χ0) is 13.7. The van der Waals surface area contributed by atoms with Crippen LogP contribution < -0.4 is 5.32 Å². The van der Waals surface area contributed by atoms with Gasteiger partial charge < -0.3 is 5.32 Å². The Kier molecular flexibility index (Phi) is 4.74. The van der Waals surface area contributed by atoms with Crippen molar-refractivity contribution in [1.29, 1.82) is 0 Å². The number of carbonyl (C=O) groups is 1. The van der Waals surface area contributed by atoms with E-state index in [4.69, 9.17) is 0 Å². The summed E-state index contributed by atoms with van der Waals surface area (Å²) in [6.07, 6.45) is 1.37. The number of aryl methyl sites for hydroxylation is 1. The Hall–Kier alpha value is -1.61. The Morgan fingerprint density at radius 1 is 1.26 bits per heavy atom. The summed E-state index contributed by atoms with van der Waals surface area (Å²) in [5, 5.41) is 5.11. The van der Waals surface area contributed by atoms with Crippen LogP contribution in [0.15, 0.2) is 41.8 Å². The van der Waals surface area contributed by atoms with Gasteiger partial charge in [-0.15, -0.1) is 11.3 Å². The second-order valence-corrected chi connectivity index (χ2v) is 5.73. The zero-order valence-electron chi connectivity index (χ0n) is 11.3. The van der Waals surface area contributed by atoms with Crippen LogP contribution in [-0.2, 0) is 11.2 Å². The second kappa shape index (κ2) is 6.53. The molecule has 0 bridgehead atoms. The first kappa shape index (κ1) is 13.8. The predicted molar refractivity (Wildman–Crippen MR) is 80.4 cm³/mol. The van der Waals surface area contributed by atoms with Crippen molar-refractivity contribution in [3.05, 3.63) is 57.8 Å². The number of amides is 1. The van der Waals surface area contributed by atoms with Gasteiger partial charge in [0.2, 0.25) is 5.91 Å². The summed E-state index contributed by atoms with van der Waals surface area (Å²) < 4.78 is 0. The molecule has 0 aliphatic rings. The first-order chi connectivity index (χ1) is 9.19. The summed E-state index contributed by atoms with van der Waals surface area (Å²) in [5.74, 6) is 0.0925. The third-order valence-corrected chi connectivity index (χ3v) is 4.01. The Morgan fingerprint density at radius 3 is 2.58 bits per heavy atom. The number of hydrogen-bond acceptors (Lipinski definition) is 2. The van der Waals surface area contributed by atoms with Crippen LogP contribution in [0.1, 0.15) is 35.4 Å². The average Bonchev–Trinajstić information content (AvgIpc) is 2.90. The Bertz CT molecular complexity index is 516. The maximum Gasteiger partial charge on any atom is 0.225 e. The minimum absolute atomic E-state index is 0.0925. The van der Waals surface area contributed by atoms with Crippen LogP contribution in [0.3, 0.4) is 0 Å². The lowest BCUT2D eigenvalue weighted by molar-refractivity contribution is -0.121. The van der Waals surface area contributed by atoms with Gasteiger partial charge in [-0.05, 0) is 30.4 Å². The fraction of sp³-hybridized carbons (Fsp3) is 0.312. The van der Waals surface area contributed by atoms with Crippen molar-refractivity contribution in [2.75, 3.05) is 0 Å². The third kappa shape index (κ3) is 3.93. The summed E-state index contributed by atoms with van der Waals surface area (Å²) in [4.78, 5) is 13.1. The van der Waals surface area contributed by atoms with Crippen LogP contribution >= 0.6 is 11.3 Å². The van der Waals surface area contributed by atoms with Crippen molar-refractivity contribution in [2.24, 2.45) is 0 Å². The minimum Gasteiger partial charge on any atom is -0.349 e. The van der Waals surface area contributed by atoms with Gasteiger partial charge in [0.25, 0.3) is 0 Å². The topological polar surface area (TPSA) is 29.1 Å². The van der Waals surface area contributed by atoms with Gasteiger partial charge in [0.15, 0.2) is 0 Å². The van der Waals surface area contributed by atoms with E-state index in [2.05, 4.69) is 43.4 Å². The van der Waals surface area contributed by atoms with E-state index in [9.17, 15) is 4.79 Å². The fourth-order valence-corrected chi connectivity index (χ4v) is 2.74. The molecule has 3 heteroatoms. The van der Waals surface area contributed by atoms with Gasteiger partial charge in [-0.25, -0.2) is 0 Å². The van der Waals surface area contributed by atoms with Gasteiger partial charge >= 0.3 is 0 Å². The Balaban J connectivity index is 1.98. The molecule has 0 saturated carbocycles. The van der Waals surface area contributed by atoms with E-state index < -0.39 is 0 Å². The molecule has 1 heterocycles. The molecule has 0 saturated heterocycles. The van der Waals surface area contributed by atoms with Gasteiger partial charge in [-0.1, -0.05) is 42.8 Å². The van der Waals surface area contributed by atoms with E-state index in [1.54, 1.807) is 11.3 Å². The van der Waals surface area contributed by atoms with Crippen molar-refractivity contribution in [3.63, 3.8) is 0 Å². The molecular weight excluding hydrogens is 254 g/mol. The van der Waals surface area contributed by atoms with Crippen molar-refractivity contribution in [3.8, 4) is 0 Å². The van der Waals surface area contributed by atoms with Gasteiger partial charge in [0, 0.05) is 4.88 Å². The molecule has 2 aromatic rings. The quantitative estimate of drug-likeness (QED) is 0.880. The largest absolute Gasteiger partial charge is 0.349 e. The zero-order valence-corrected chi connectivity index (χ0v) is 12.2. The maximum atomic E-state index is 12.0. The standard InChI is InChI=1S/C16H19NOS/c1-3-15(13-8-6-12(2)7-9-13)17-16(18)11-14-5-4-10-19-14/h4-10,15H,3,11H2,1-2H3,(H,17,18)/t15-/m1/s1. The first-order valence-electron chi connectivity index (χ1n) is 6.57. The lowest BCUT2D eigenvalue weighted by Crippen LogP contribution is -2.29. The molecule has 1 amide bonds. The molecule has 0 spiro atoms. The molecule has 100 valence electrons. The van der Waals surface area contributed by atoms with Crippen LogP contribution in [0.5, 0.6) is 0 Å². The molecule has 0 fully saturated rings. The number of carbonyl (C=O) groups excluding carboxylic acids is 1. The van der Waals surface area contributed by atoms with Crippen LogP contribution in [0.2, 0.25) is 0 Å². The second-order valence-electron chi connectivity index (χ2n) is 4.70. The number of hydrogen-bond donors (Lipinski definition) is 1. The lowest BCUT2D eigenvalue weighted by Gasteiger charge is -2.17. The summed E-state index contributed by atoms with van der Waals surface area (Å²) in [6.45, 7) is 4.16. The molecule has 2 nitrogen and oxygen atoms in total. The summed E-state index contributed by atoms with van der Waals surface area (Å²) in [7, 11) is 0. The SMILES string of the molecule is CC[C@@H](NC(=O)Cc1cccs1)c1ccc(C)cc1. The molecule has 0 aliphatic carbocycles. The van der Waals surface area contributed by atoms with E-state index in [0.717, 1.165) is 11.3 Å². The molecule has 0 radical (unpaired) electrons. The highest BCUT2D eigenvalue weighted by atomic mass is 32.1. The minimum atomic E-state index is 0.0925. The smallest absolute Gasteiger partial charge is 0.225 e. The van der Waals surface area contributed by atoms with Gasteiger partial charge in [-0.2, -0.15) is 0 Å². The number of benzene rings is 1. The molecule has 1 N–H and O–H groups in total. The molecule has 1 aromatic heterocycles. The van der Waals surface area contributed by atoms with Gasteiger partial charge in [-0.3, -0.25) is 4.79 Å². The van der Waals surface area contributed by atoms with Crippen molar-refractivity contribution in [1.82, 2.24) is 5.32 Å². The normalized spacial score (nSPS) is 12.1. The molecule has 19 heavy (non-hydrogen) atoms. The van der Waals surface area contributed by atoms with Gasteiger partial charge in [0.1, 0.15) is 0 Å². The van der Waals surface area contributed by atoms with Crippen LogP contribution in [0.25, 0.3) is 0 Å². The monoisotopic (exact) mass is 273 g/mol. The third-order valence-electron chi connectivity index (χ3n) is 3.14. The predicted octanol–water partition coefficient (Wildman–Crippen LogP) is 3.87. The number of nitrogens with one attached hydrogen (secondary N) is 1. The van der Waals surface area contributed by atoms with Gasteiger partial charge in [0.05, 0.1) is 12.5 Å². The van der Waals surface area contributed by atoms with Crippen molar-refractivity contribution >= 4 is 17.2 Å². The van der Waals surface area contributed by atoms with E-state index in [-0.39, 0.29) is 11.9 Å². The highest BCUT2D eigenvalue weighted by Crippen LogP contribution is 2.18. The highest BCUT2D eigenvalue weighted by Gasteiger charge is 2.13. The molecule has 0 aliphatic heterocycles. The van der Waals surface area contributed by atoms with Crippen molar-refractivity contribution < 1.29 is 4.79 Å². The number of thiophene rings is 1. The average molecular weight is 273 g/mol. The first-order valence-corrected chi connectivity index (χ1v) is 7.45. The van der Waals surface area contributed by atoms with E-state index in [0.29, 0.717) is 6.42 Å². The lowest BCUT2D eigenvalue weighted by atomic mass is 10.0. The fourth-order valence-electron chi connectivity index (χ4n) is 2.04. The van der Waals surface area contributed by atoms with Crippen LogP contribution in [-0.4, -0.2) is 5.91 Å². The number of rotatable bonds is 5. The van der Waals surface area contributed by atoms with Crippen LogP contribution in [0.4, 0.5) is 0 Å². The van der Waals surface area contributed by atoms with E-state index in [1.807, 2.05) is 17.5 Å². The van der Waals surface area contributed by atoms with Crippen molar-refractivity contribution in [2.45, 2.75) is 32.7 Å². The van der Waals surface area contributed by atoms with E-state index >= 15 is 0 Å². The molecule has 1 atom stereocenters. The summed E-state index contributed by atoms with van der Waals surface area (Å²) >= 11 is 1.62. The molecule has 2 rings (SSSR count). The Labute approximate surface area is 118 Å². The highest BCUT2D eigenvalue weighted by molar-refractivity contribution is 7.10. The van der Waals surface area contributed by atoms with Crippen LogP contribution in [0, 0.1) is 6.92 Å². The summed E-state index contributed by atoms with van der Waals surface area (Å²) in [5.41, 5.74) is 2.41. The molecule has 0 unspecified atom stereocenters. The Morgan fingerprint density at radius 2 is 2.00 bits per heavy atom. The molecule has 1 aromatic carbocycles. The molecular formula is C16H19NOS. The maximum absolute atomic E-state index is 12.0.